The molecule has 19 heavy (non-hydrogen) atoms. The monoisotopic (exact) mass is 321 g/mol. The van der Waals surface area contributed by atoms with Crippen molar-refractivity contribution in [2.45, 2.75) is 13.0 Å². The zero-order valence-corrected chi connectivity index (χ0v) is 12.6. The SMILES string of the molecule is CNCc1nn(C)c(-c2ccc3c(c2)CCO3)c1Br. The van der Waals surface area contributed by atoms with Gasteiger partial charge in [-0.1, -0.05) is 0 Å². The normalized spacial score (nSPS) is 13.4. The molecule has 1 N–H and O–H groups in total. The van der Waals surface area contributed by atoms with E-state index in [1.807, 2.05) is 18.8 Å². The molecule has 0 amide bonds. The van der Waals surface area contributed by atoms with Crippen molar-refractivity contribution in [2.24, 2.45) is 7.05 Å². The molecule has 1 aromatic carbocycles. The summed E-state index contributed by atoms with van der Waals surface area (Å²) in [5, 5.41) is 7.68. The highest BCUT2D eigenvalue weighted by atomic mass is 79.9. The van der Waals surface area contributed by atoms with Gasteiger partial charge in [0.2, 0.25) is 0 Å². The summed E-state index contributed by atoms with van der Waals surface area (Å²) in [5.41, 5.74) is 4.59. The topological polar surface area (TPSA) is 39.1 Å². The van der Waals surface area contributed by atoms with Crippen LogP contribution in [0.15, 0.2) is 22.7 Å². The van der Waals surface area contributed by atoms with E-state index in [-0.39, 0.29) is 0 Å². The highest BCUT2D eigenvalue weighted by Crippen LogP contribution is 2.35. The summed E-state index contributed by atoms with van der Waals surface area (Å²) < 4.78 is 8.53. The zero-order chi connectivity index (χ0) is 13.4. The Balaban J connectivity index is 2.07. The molecule has 100 valence electrons. The van der Waals surface area contributed by atoms with Crippen molar-refractivity contribution in [1.29, 1.82) is 0 Å². The summed E-state index contributed by atoms with van der Waals surface area (Å²) in [5.74, 6) is 1.01. The van der Waals surface area contributed by atoms with E-state index in [1.54, 1.807) is 0 Å². The number of ether oxygens (including phenoxy) is 1. The summed E-state index contributed by atoms with van der Waals surface area (Å²) >= 11 is 3.67. The molecule has 2 heterocycles. The van der Waals surface area contributed by atoms with Crippen LogP contribution in [0, 0.1) is 0 Å². The summed E-state index contributed by atoms with van der Waals surface area (Å²) in [4.78, 5) is 0. The molecule has 3 rings (SSSR count). The molecule has 0 saturated carbocycles. The Morgan fingerprint density at radius 1 is 1.47 bits per heavy atom. The van der Waals surface area contributed by atoms with Gasteiger partial charge in [0, 0.05) is 25.6 Å². The largest absolute Gasteiger partial charge is 0.493 e. The highest BCUT2D eigenvalue weighted by molar-refractivity contribution is 9.10. The van der Waals surface area contributed by atoms with Gasteiger partial charge in [0.1, 0.15) is 5.75 Å². The first-order chi connectivity index (χ1) is 9.20. The van der Waals surface area contributed by atoms with Crippen molar-refractivity contribution in [3.63, 3.8) is 0 Å². The zero-order valence-electron chi connectivity index (χ0n) is 11.0. The van der Waals surface area contributed by atoms with E-state index in [4.69, 9.17) is 4.74 Å². The van der Waals surface area contributed by atoms with E-state index >= 15 is 0 Å². The van der Waals surface area contributed by atoms with Crippen LogP contribution < -0.4 is 10.1 Å². The van der Waals surface area contributed by atoms with Gasteiger partial charge in [-0.25, -0.2) is 0 Å². The third-order valence-corrected chi connectivity index (χ3v) is 4.20. The van der Waals surface area contributed by atoms with E-state index in [1.165, 1.54) is 11.1 Å². The first-order valence-corrected chi connectivity index (χ1v) is 7.12. The number of benzene rings is 1. The van der Waals surface area contributed by atoms with Crippen molar-refractivity contribution in [1.82, 2.24) is 15.1 Å². The number of rotatable bonds is 3. The molecule has 0 radical (unpaired) electrons. The third kappa shape index (κ3) is 2.17. The Morgan fingerprint density at radius 3 is 3.11 bits per heavy atom. The number of halogens is 1. The lowest BCUT2D eigenvalue weighted by atomic mass is 10.1. The standard InChI is InChI=1S/C14H16BrN3O/c1-16-8-11-13(15)14(18(2)17-11)10-3-4-12-9(7-10)5-6-19-12/h3-4,7,16H,5-6,8H2,1-2H3. The lowest BCUT2D eigenvalue weighted by Crippen LogP contribution is -2.06. The first-order valence-electron chi connectivity index (χ1n) is 6.32. The molecule has 1 aliphatic rings. The average molecular weight is 322 g/mol. The fourth-order valence-corrected chi connectivity index (χ4v) is 3.19. The lowest BCUT2D eigenvalue weighted by molar-refractivity contribution is 0.357. The van der Waals surface area contributed by atoms with Crippen LogP contribution in [0.1, 0.15) is 11.3 Å². The van der Waals surface area contributed by atoms with Crippen molar-refractivity contribution in [3.8, 4) is 17.0 Å². The Kier molecular flexibility index (Phi) is 3.33. The molecule has 1 aromatic heterocycles. The number of nitrogens with one attached hydrogen (secondary N) is 1. The number of nitrogens with zero attached hydrogens (tertiary/aromatic N) is 2. The van der Waals surface area contributed by atoms with E-state index in [9.17, 15) is 0 Å². The van der Waals surface area contributed by atoms with Crippen LogP contribution in [0.25, 0.3) is 11.3 Å². The molecule has 0 fully saturated rings. The number of aromatic nitrogens is 2. The van der Waals surface area contributed by atoms with Crippen LogP contribution in [-0.2, 0) is 20.0 Å². The van der Waals surface area contributed by atoms with Crippen molar-refractivity contribution >= 4 is 15.9 Å². The molecule has 0 atom stereocenters. The highest BCUT2D eigenvalue weighted by Gasteiger charge is 2.18. The van der Waals surface area contributed by atoms with Gasteiger partial charge in [-0.2, -0.15) is 5.10 Å². The van der Waals surface area contributed by atoms with Gasteiger partial charge in [0.15, 0.2) is 0 Å². The Morgan fingerprint density at radius 2 is 2.32 bits per heavy atom. The second kappa shape index (κ2) is 4.98. The quantitative estimate of drug-likeness (QED) is 0.944. The van der Waals surface area contributed by atoms with E-state index in [0.29, 0.717) is 0 Å². The number of hydrogen-bond acceptors (Lipinski definition) is 3. The molecule has 0 unspecified atom stereocenters. The van der Waals surface area contributed by atoms with Gasteiger partial charge >= 0.3 is 0 Å². The van der Waals surface area contributed by atoms with Gasteiger partial charge in [-0.3, -0.25) is 4.68 Å². The molecule has 0 saturated heterocycles. The first kappa shape index (κ1) is 12.7. The predicted octanol–water partition coefficient (Wildman–Crippen LogP) is 2.50. The number of fused-ring (bicyclic) bond motifs is 1. The summed E-state index contributed by atoms with van der Waals surface area (Å²) in [6.45, 7) is 1.54. The molecule has 5 heteroatoms. The van der Waals surface area contributed by atoms with Crippen molar-refractivity contribution in [2.75, 3.05) is 13.7 Å². The van der Waals surface area contributed by atoms with Gasteiger partial charge in [0.25, 0.3) is 0 Å². The molecule has 0 aliphatic carbocycles. The molecule has 1 aliphatic heterocycles. The fourth-order valence-electron chi connectivity index (χ4n) is 2.48. The van der Waals surface area contributed by atoms with E-state index in [0.717, 1.165) is 41.2 Å². The summed E-state index contributed by atoms with van der Waals surface area (Å²) in [7, 11) is 3.90. The van der Waals surface area contributed by atoms with Gasteiger partial charge in [0.05, 0.1) is 22.5 Å². The Bertz CT molecular complexity index is 621. The van der Waals surface area contributed by atoms with E-state index < -0.39 is 0 Å². The third-order valence-electron chi connectivity index (χ3n) is 3.36. The minimum absolute atomic E-state index is 0.752. The fraction of sp³-hybridized carbons (Fsp3) is 0.357. The van der Waals surface area contributed by atoms with Crippen molar-refractivity contribution < 1.29 is 4.74 Å². The van der Waals surface area contributed by atoms with Gasteiger partial charge in [-0.05, 0) is 46.7 Å². The van der Waals surface area contributed by atoms with E-state index in [2.05, 4.69) is 44.5 Å². The Labute approximate surface area is 120 Å². The van der Waals surface area contributed by atoms with Crippen LogP contribution in [0.2, 0.25) is 0 Å². The smallest absolute Gasteiger partial charge is 0.122 e. The second-order valence-electron chi connectivity index (χ2n) is 4.68. The maximum atomic E-state index is 5.55. The van der Waals surface area contributed by atoms with Crippen molar-refractivity contribution in [3.05, 3.63) is 33.9 Å². The minimum Gasteiger partial charge on any atom is -0.493 e. The molecule has 0 bridgehead atoms. The molecule has 4 nitrogen and oxygen atoms in total. The van der Waals surface area contributed by atoms with Crippen LogP contribution in [0.3, 0.4) is 0 Å². The molecule has 2 aromatic rings. The molecular formula is C14H16BrN3O. The second-order valence-corrected chi connectivity index (χ2v) is 5.48. The van der Waals surface area contributed by atoms with Crippen LogP contribution in [0.5, 0.6) is 5.75 Å². The molecule has 0 spiro atoms. The summed E-state index contributed by atoms with van der Waals surface area (Å²) in [6, 6.07) is 6.34. The molecular weight excluding hydrogens is 306 g/mol. The van der Waals surface area contributed by atoms with Crippen LogP contribution in [-0.4, -0.2) is 23.4 Å². The van der Waals surface area contributed by atoms with Gasteiger partial charge in [-0.15, -0.1) is 0 Å². The van der Waals surface area contributed by atoms with Crippen LogP contribution in [0.4, 0.5) is 0 Å². The number of hydrogen-bond donors (Lipinski definition) is 1. The van der Waals surface area contributed by atoms with Gasteiger partial charge < -0.3 is 10.1 Å². The predicted molar refractivity (Wildman–Crippen MR) is 78.3 cm³/mol. The number of aryl methyl sites for hydroxylation is 1. The minimum atomic E-state index is 0.752. The Hall–Kier alpha value is -1.33. The van der Waals surface area contributed by atoms with Crippen LogP contribution >= 0.6 is 15.9 Å². The maximum Gasteiger partial charge on any atom is 0.122 e. The average Bonchev–Trinajstić information content (AvgIpc) is 2.95. The summed E-state index contributed by atoms with van der Waals surface area (Å²) in [6.07, 6.45) is 0.988. The lowest BCUT2D eigenvalue weighted by Gasteiger charge is -2.05. The maximum absolute atomic E-state index is 5.55.